The summed E-state index contributed by atoms with van der Waals surface area (Å²) in [5, 5.41) is 7.97. The predicted molar refractivity (Wildman–Crippen MR) is 127 cm³/mol. The van der Waals surface area contributed by atoms with Crippen molar-refractivity contribution in [3.63, 3.8) is 0 Å². The number of aryl methyl sites for hydroxylation is 1. The van der Waals surface area contributed by atoms with Gasteiger partial charge in [0.15, 0.2) is 5.69 Å². The molecule has 0 fully saturated rings. The molecule has 0 aliphatic rings. The first kappa shape index (κ1) is 21.0. The molecule has 0 atom stereocenters. The maximum absolute atomic E-state index is 12.2. The third kappa shape index (κ3) is 3.88. The molecule has 0 bridgehead atoms. The Bertz CT molecular complexity index is 1510. The summed E-state index contributed by atoms with van der Waals surface area (Å²) in [5.74, 6) is -0.357. The van der Waals surface area contributed by atoms with E-state index in [1.807, 2.05) is 19.1 Å². The highest BCUT2D eigenvalue weighted by atomic mass is 16.5. The molecule has 1 aromatic carbocycles. The number of ether oxygens (including phenoxy) is 1. The fourth-order valence-corrected chi connectivity index (χ4v) is 3.76. The van der Waals surface area contributed by atoms with E-state index in [2.05, 4.69) is 30.1 Å². The molecule has 0 radical (unpaired) electrons. The van der Waals surface area contributed by atoms with Gasteiger partial charge in [-0.25, -0.2) is 9.97 Å². The van der Waals surface area contributed by atoms with Gasteiger partial charge in [-0.3, -0.25) is 19.9 Å². The number of anilines is 1. The van der Waals surface area contributed by atoms with Crippen LogP contribution >= 0.6 is 0 Å². The largest absolute Gasteiger partial charge is 0.471 e. The van der Waals surface area contributed by atoms with Crippen molar-refractivity contribution >= 4 is 22.5 Å². The number of nitrogens with two attached hydrogens (primary N) is 2. The van der Waals surface area contributed by atoms with E-state index in [9.17, 15) is 4.79 Å². The average Bonchev–Trinajstić information content (AvgIpc) is 3.33. The molecule has 4 aromatic heterocycles. The summed E-state index contributed by atoms with van der Waals surface area (Å²) < 4.78 is 5.77. The van der Waals surface area contributed by atoms with Crippen molar-refractivity contribution < 1.29 is 9.53 Å². The van der Waals surface area contributed by atoms with Crippen LogP contribution in [0.1, 0.15) is 21.7 Å². The number of hydrogen-bond donors (Lipinski definition) is 3. The van der Waals surface area contributed by atoms with Crippen molar-refractivity contribution in [3.05, 3.63) is 78.1 Å². The van der Waals surface area contributed by atoms with E-state index < -0.39 is 5.91 Å². The Morgan fingerprint density at radius 3 is 2.76 bits per heavy atom. The van der Waals surface area contributed by atoms with E-state index in [-0.39, 0.29) is 18.0 Å². The van der Waals surface area contributed by atoms with E-state index in [1.54, 1.807) is 49.1 Å². The summed E-state index contributed by atoms with van der Waals surface area (Å²) in [6, 6.07) is 11.0. The number of nitrogen functional groups attached to an aromatic ring is 1. The number of primary amides is 1. The number of hydrogen-bond acceptors (Lipinski definition) is 8. The fourth-order valence-electron chi connectivity index (χ4n) is 3.76. The summed E-state index contributed by atoms with van der Waals surface area (Å²) in [6.45, 7) is 2.17. The molecule has 10 heteroatoms. The molecule has 0 aliphatic carbocycles. The Balaban J connectivity index is 1.60. The smallest absolute Gasteiger partial charge is 0.269 e. The molecular weight excluding hydrogens is 432 g/mol. The number of carbonyl (C=O) groups excluding carboxylic acids is 1. The van der Waals surface area contributed by atoms with E-state index in [0.717, 1.165) is 22.0 Å². The summed E-state index contributed by atoms with van der Waals surface area (Å²) in [5.41, 5.74) is 17.0. The monoisotopic (exact) mass is 452 g/mol. The quantitative estimate of drug-likeness (QED) is 0.354. The minimum atomic E-state index is -0.729. The zero-order valence-electron chi connectivity index (χ0n) is 18.2. The van der Waals surface area contributed by atoms with Gasteiger partial charge in [0.05, 0.1) is 40.7 Å². The van der Waals surface area contributed by atoms with Gasteiger partial charge in [0.25, 0.3) is 5.91 Å². The lowest BCUT2D eigenvalue weighted by atomic mass is 9.94. The van der Waals surface area contributed by atoms with E-state index >= 15 is 0 Å². The number of pyridine rings is 2. The average molecular weight is 452 g/mol. The lowest BCUT2D eigenvalue weighted by Crippen LogP contribution is -2.17. The third-order valence-electron chi connectivity index (χ3n) is 5.36. The minimum Gasteiger partial charge on any atom is -0.471 e. The first-order valence-electron chi connectivity index (χ1n) is 10.4. The zero-order valence-corrected chi connectivity index (χ0v) is 18.2. The molecule has 5 rings (SSSR count). The van der Waals surface area contributed by atoms with Crippen LogP contribution in [0, 0.1) is 6.92 Å². The topological polar surface area (TPSA) is 159 Å². The second-order valence-electron chi connectivity index (χ2n) is 7.62. The number of aromatic amines is 1. The summed E-state index contributed by atoms with van der Waals surface area (Å²) in [6.07, 6.45) is 6.53. The lowest BCUT2D eigenvalue weighted by molar-refractivity contribution is 0.0996. The second kappa shape index (κ2) is 8.58. The van der Waals surface area contributed by atoms with Gasteiger partial charge < -0.3 is 16.2 Å². The Morgan fingerprint density at radius 2 is 1.97 bits per heavy atom. The molecule has 34 heavy (non-hydrogen) atoms. The standard InChI is InChI=1S/C24H20N8O2/c1-13-5-6-17-16(11-29-32-17)21(13)15-9-19(31-23(22(15)25)24(26)33)18-3-2-4-20(30-18)34-12-14-10-27-7-8-28-14/h2-11H,12,25H2,1H3,(H2,26,33)(H,29,32). The number of H-pyrrole nitrogens is 1. The SMILES string of the molecule is Cc1ccc2[nH]ncc2c1-c1cc(-c2cccc(OCc3cnccn3)n2)nc(C(N)=O)c1N. The highest BCUT2D eigenvalue weighted by Gasteiger charge is 2.20. The number of aromatic nitrogens is 6. The van der Waals surface area contributed by atoms with Gasteiger partial charge in [-0.05, 0) is 36.2 Å². The van der Waals surface area contributed by atoms with Crippen molar-refractivity contribution in [3.8, 4) is 28.4 Å². The number of rotatable bonds is 6. The number of amides is 1. The maximum Gasteiger partial charge on any atom is 0.269 e. The van der Waals surface area contributed by atoms with E-state index in [1.165, 1.54) is 0 Å². The Labute approximate surface area is 194 Å². The van der Waals surface area contributed by atoms with Crippen LogP contribution in [0.25, 0.3) is 33.4 Å². The summed E-state index contributed by atoms with van der Waals surface area (Å²) in [4.78, 5) is 29.4. The predicted octanol–water partition coefficient (Wildman–Crippen LogP) is 3.05. The van der Waals surface area contributed by atoms with Crippen molar-refractivity contribution in [1.82, 2.24) is 30.1 Å². The number of nitrogens with zero attached hydrogens (tertiary/aromatic N) is 5. The highest BCUT2D eigenvalue weighted by Crippen LogP contribution is 2.37. The zero-order chi connectivity index (χ0) is 23.7. The van der Waals surface area contributed by atoms with Crippen LogP contribution in [0.15, 0.2) is 61.2 Å². The second-order valence-corrected chi connectivity index (χ2v) is 7.62. The van der Waals surface area contributed by atoms with Crippen LogP contribution < -0.4 is 16.2 Å². The van der Waals surface area contributed by atoms with Gasteiger partial charge in [0, 0.05) is 29.4 Å². The number of carbonyl (C=O) groups is 1. The van der Waals surface area contributed by atoms with Crippen LogP contribution in [0.3, 0.4) is 0 Å². The van der Waals surface area contributed by atoms with Crippen LogP contribution in [-0.4, -0.2) is 36.0 Å². The molecular formula is C24H20N8O2. The maximum atomic E-state index is 12.2. The molecule has 5 aromatic rings. The van der Waals surface area contributed by atoms with Gasteiger partial charge in [0.1, 0.15) is 6.61 Å². The first-order valence-corrected chi connectivity index (χ1v) is 10.4. The minimum absolute atomic E-state index is 0.0277. The fraction of sp³-hybridized carbons (Fsp3) is 0.0833. The van der Waals surface area contributed by atoms with Gasteiger partial charge in [-0.1, -0.05) is 12.1 Å². The van der Waals surface area contributed by atoms with E-state index in [4.69, 9.17) is 16.2 Å². The van der Waals surface area contributed by atoms with Crippen LogP contribution in [0.4, 0.5) is 5.69 Å². The van der Waals surface area contributed by atoms with Gasteiger partial charge in [-0.15, -0.1) is 0 Å². The molecule has 0 spiro atoms. The highest BCUT2D eigenvalue weighted by molar-refractivity contribution is 6.05. The van der Waals surface area contributed by atoms with Crippen molar-refractivity contribution in [1.29, 1.82) is 0 Å². The van der Waals surface area contributed by atoms with Crippen molar-refractivity contribution in [2.45, 2.75) is 13.5 Å². The molecule has 0 saturated carbocycles. The number of fused-ring (bicyclic) bond motifs is 1. The number of nitrogens with one attached hydrogen (secondary N) is 1. The normalized spacial score (nSPS) is 11.0. The third-order valence-corrected chi connectivity index (χ3v) is 5.36. The summed E-state index contributed by atoms with van der Waals surface area (Å²) >= 11 is 0. The van der Waals surface area contributed by atoms with Crippen LogP contribution in [0.5, 0.6) is 5.88 Å². The Hall–Kier alpha value is -4.86. The Morgan fingerprint density at radius 1 is 1.09 bits per heavy atom. The van der Waals surface area contributed by atoms with Gasteiger partial charge in [0.2, 0.25) is 5.88 Å². The molecule has 168 valence electrons. The molecule has 0 aliphatic heterocycles. The lowest BCUT2D eigenvalue weighted by Gasteiger charge is -2.15. The molecule has 5 N–H and O–H groups in total. The number of benzene rings is 1. The van der Waals surface area contributed by atoms with E-state index in [0.29, 0.717) is 28.5 Å². The van der Waals surface area contributed by atoms with Crippen LogP contribution in [0.2, 0.25) is 0 Å². The van der Waals surface area contributed by atoms with Crippen molar-refractivity contribution in [2.24, 2.45) is 5.73 Å². The summed E-state index contributed by atoms with van der Waals surface area (Å²) in [7, 11) is 0. The van der Waals surface area contributed by atoms with Crippen molar-refractivity contribution in [2.75, 3.05) is 5.73 Å². The Kier molecular flexibility index (Phi) is 5.30. The first-order chi connectivity index (χ1) is 16.5. The van der Waals surface area contributed by atoms with Gasteiger partial charge in [-0.2, -0.15) is 5.10 Å². The molecule has 0 saturated heterocycles. The van der Waals surface area contributed by atoms with Gasteiger partial charge >= 0.3 is 0 Å². The van der Waals surface area contributed by atoms with Crippen LogP contribution in [-0.2, 0) is 6.61 Å². The molecule has 0 unspecified atom stereocenters. The molecule has 10 nitrogen and oxygen atoms in total. The molecule has 1 amide bonds. The molecule has 4 heterocycles.